The van der Waals surface area contributed by atoms with Gasteiger partial charge in [-0.1, -0.05) is 12.1 Å². The molecule has 0 radical (unpaired) electrons. The molecule has 0 spiro atoms. The monoisotopic (exact) mass is 375 g/mol. The average Bonchev–Trinajstić information content (AvgIpc) is 2.98. The van der Waals surface area contributed by atoms with Crippen molar-refractivity contribution >= 4 is 23.0 Å². The normalized spacial score (nSPS) is 10.5. The molecule has 6 heteroatoms. The first-order valence-electron chi connectivity index (χ1n) is 8.85. The van der Waals surface area contributed by atoms with Crippen LogP contribution in [-0.4, -0.2) is 21.1 Å². The Labute approximate surface area is 163 Å². The number of carbonyl (C=O) groups excluding carboxylic acids is 2. The maximum Gasteiger partial charge on any atom is 0.291 e. The summed E-state index contributed by atoms with van der Waals surface area (Å²) < 4.78 is 7.98. The lowest BCUT2D eigenvalue weighted by molar-refractivity contribution is -0.133. The summed E-state index contributed by atoms with van der Waals surface area (Å²) in [6.07, 6.45) is 7.85. The Balaban J connectivity index is 1.91. The van der Waals surface area contributed by atoms with Gasteiger partial charge in [0.25, 0.3) is 5.91 Å². The zero-order valence-corrected chi connectivity index (χ0v) is 16.1. The highest BCUT2D eigenvalue weighted by Crippen LogP contribution is 2.26. The summed E-state index contributed by atoms with van der Waals surface area (Å²) in [5.41, 5.74) is 4.80. The lowest BCUT2D eigenvalue weighted by atomic mass is 10.1. The molecule has 3 rings (SSSR count). The Morgan fingerprint density at radius 1 is 1.25 bits per heavy atom. The largest absolute Gasteiger partial charge is 0.485 e. The van der Waals surface area contributed by atoms with Crippen LogP contribution in [0.1, 0.15) is 29.4 Å². The quantitative estimate of drug-likeness (QED) is 0.530. The third-order valence-corrected chi connectivity index (χ3v) is 4.53. The van der Waals surface area contributed by atoms with Gasteiger partial charge < -0.3 is 10.1 Å². The molecule has 0 bridgehead atoms. The molecule has 0 aliphatic rings. The first-order valence-corrected chi connectivity index (χ1v) is 8.85. The van der Waals surface area contributed by atoms with Crippen molar-refractivity contribution in [2.45, 2.75) is 33.8 Å². The van der Waals surface area contributed by atoms with E-state index in [2.05, 4.69) is 16.2 Å². The molecule has 0 aliphatic carbocycles. The van der Waals surface area contributed by atoms with Gasteiger partial charge in [-0.15, -0.1) is 12.3 Å². The van der Waals surface area contributed by atoms with E-state index in [4.69, 9.17) is 11.2 Å². The number of imidazole rings is 1. The van der Waals surface area contributed by atoms with E-state index in [1.54, 1.807) is 6.07 Å². The van der Waals surface area contributed by atoms with E-state index in [0.29, 0.717) is 23.5 Å². The fourth-order valence-corrected chi connectivity index (χ4v) is 3.00. The summed E-state index contributed by atoms with van der Waals surface area (Å²) in [4.78, 5) is 27.7. The van der Waals surface area contributed by atoms with Crippen molar-refractivity contribution in [2.24, 2.45) is 0 Å². The summed E-state index contributed by atoms with van der Waals surface area (Å²) >= 11 is 0. The van der Waals surface area contributed by atoms with Crippen molar-refractivity contribution in [3.05, 3.63) is 59.0 Å². The van der Waals surface area contributed by atoms with Gasteiger partial charge in [0.05, 0.1) is 17.8 Å². The minimum absolute atomic E-state index is 0.218. The molecule has 3 aromatic rings. The molecule has 0 saturated carbocycles. The van der Waals surface area contributed by atoms with Crippen molar-refractivity contribution in [3.8, 4) is 18.1 Å². The highest BCUT2D eigenvalue weighted by molar-refractivity contribution is 6.39. The number of nitrogens with zero attached hydrogens (tertiary/aromatic N) is 2. The molecular weight excluding hydrogens is 354 g/mol. The lowest BCUT2D eigenvalue weighted by Crippen LogP contribution is -2.21. The molecule has 28 heavy (non-hydrogen) atoms. The molecule has 0 fully saturated rings. The number of hydrogen-bond donors (Lipinski definition) is 1. The first-order chi connectivity index (χ1) is 13.4. The second kappa shape index (κ2) is 7.97. The second-order valence-electron chi connectivity index (χ2n) is 6.49. The molecule has 0 unspecified atom stereocenters. The first kappa shape index (κ1) is 19.2. The molecule has 0 aliphatic heterocycles. The van der Waals surface area contributed by atoms with Crippen molar-refractivity contribution < 1.29 is 14.3 Å². The van der Waals surface area contributed by atoms with Crippen molar-refractivity contribution in [1.82, 2.24) is 9.38 Å². The number of terminal acetylenes is 1. The number of aromatic nitrogens is 2. The highest BCUT2D eigenvalue weighted by Gasteiger charge is 2.15. The predicted octanol–water partition coefficient (Wildman–Crippen LogP) is 3.23. The van der Waals surface area contributed by atoms with Crippen molar-refractivity contribution in [3.63, 3.8) is 0 Å². The molecular formula is C22H21N3O3. The highest BCUT2D eigenvalue weighted by atomic mass is 16.5. The van der Waals surface area contributed by atoms with Crippen LogP contribution in [-0.2, 0) is 22.6 Å². The smallest absolute Gasteiger partial charge is 0.291 e. The minimum Gasteiger partial charge on any atom is -0.485 e. The predicted molar refractivity (Wildman–Crippen MR) is 107 cm³/mol. The van der Waals surface area contributed by atoms with Gasteiger partial charge in [-0.25, -0.2) is 4.98 Å². The number of ether oxygens (including phenoxy) is 1. The number of rotatable bonds is 6. The Morgan fingerprint density at radius 2 is 2.04 bits per heavy atom. The molecule has 0 atom stereocenters. The molecule has 2 aromatic heterocycles. The molecule has 1 aromatic carbocycles. The van der Waals surface area contributed by atoms with Gasteiger partial charge in [-0.2, -0.15) is 0 Å². The molecule has 6 nitrogen and oxygen atoms in total. The van der Waals surface area contributed by atoms with E-state index in [-0.39, 0.29) is 6.61 Å². The van der Waals surface area contributed by atoms with Gasteiger partial charge >= 0.3 is 0 Å². The maximum atomic E-state index is 11.8. The van der Waals surface area contributed by atoms with Crippen molar-refractivity contribution in [2.75, 3.05) is 5.32 Å². The van der Waals surface area contributed by atoms with Crippen LogP contribution in [0.2, 0.25) is 0 Å². The summed E-state index contributed by atoms with van der Waals surface area (Å²) in [5.74, 6) is 2.06. The van der Waals surface area contributed by atoms with Gasteiger partial charge in [0.1, 0.15) is 6.61 Å². The van der Waals surface area contributed by atoms with Crippen LogP contribution in [0, 0.1) is 26.2 Å². The van der Waals surface area contributed by atoms with Gasteiger partial charge in [-0.3, -0.25) is 14.0 Å². The van der Waals surface area contributed by atoms with E-state index >= 15 is 0 Å². The van der Waals surface area contributed by atoms with E-state index < -0.39 is 11.7 Å². The van der Waals surface area contributed by atoms with E-state index in [9.17, 15) is 9.59 Å². The van der Waals surface area contributed by atoms with E-state index in [0.717, 1.165) is 22.5 Å². The zero-order chi connectivity index (χ0) is 20.3. The summed E-state index contributed by atoms with van der Waals surface area (Å²) in [6, 6.07) is 9.21. The average molecular weight is 375 g/mol. The van der Waals surface area contributed by atoms with Gasteiger partial charge in [0.2, 0.25) is 5.78 Å². The number of amides is 1. The standard InChI is InChI=1S/C22H21N3O3/c1-5-8-19-15(3)23-21-20(11-7-12-25(19)21)28-13-17-14(2)9-6-10-18(17)24-22(27)16(4)26/h1,6-7,9-12H,8,13H2,2-4H3,(H,24,27). The number of hydrogen-bond acceptors (Lipinski definition) is 4. The fourth-order valence-electron chi connectivity index (χ4n) is 3.00. The summed E-state index contributed by atoms with van der Waals surface area (Å²) in [7, 11) is 0. The third kappa shape index (κ3) is 3.74. The number of aryl methyl sites for hydroxylation is 2. The second-order valence-corrected chi connectivity index (χ2v) is 6.49. The number of ketones is 1. The van der Waals surface area contributed by atoms with E-state index in [1.807, 2.05) is 48.7 Å². The number of Topliss-reactive ketones (excluding diaryl/α,β-unsaturated/α-hetero) is 1. The topological polar surface area (TPSA) is 72.7 Å². The molecule has 0 saturated heterocycles. The Morgan fingerprint density at radius 3 is 2.75 bits per heavy atom. The van der Waals surface area contributed by atoms with Crippen LogP contribution >= 0.6 is 0 Å². The van der Waals surface area contributed by atoms with Gasteiger partial charge in [-0.05, 0) is 37.6 Å². The molecule has 142 valence electrons. The fraction of sp³-hybridized carbons (Fsp3) is 0.227. The Bertz CT molecular complexity index is 1110. The minimum atomic E-state index is -0.656. The number of anilines is 1. The maximum absolute atomic E-state index is 11.8. The summed E-state index contributed by atoms with van der Waals surface area (Å²) in [6.45, 7) is 5.29. The molecule has 1 N–H and O–H groups in total. The SMILES string of the molecule is C#CCc1c(C)nc2c(OCc3c(C)cccc3NC(=O)C(C)=O)cccn12. The van der Waals surface area contributed by atoms with Crippen LogP contribution in [0.25, 0.3) is 5.65 Å². The number of fused-ring (bicyclic) bond motifs is 1. The lowest BCUT2D eigenvalue weighted by Gasteiger charge is -2.14. The Hall–Kier alpha value is -3.59. The number of benzene rings is 1. The van der Waals surface area contributed by atoms with Crippen LogP contribution in [0.5, 0.6) is 5.75 Å². The Kier molecular flexibility index (Phi) is 5.46. The van der Waals surface area contributed by atoms with Crippen LogP contribution in [0.4, 0.5) is 5.69 Å². The summed E-state index contributed by atoms with van der Waals surface area (Å²) in [5, 5.41) is 2.64. The van der Waals surface area contributed by atoms with Crippen LogP contribution < -0.4 is 10.1 Å². The zero-order valence-electron chi connectivity index (χ0n) is 16.1. The number of nitrogens with one attached hydrogen (secondary N) is 1. The molecule has 1 amide bonds. The van der Waals surface area contributed by atoms with Gasteiger partial charge in [0.15, 0.2) is 11.4 Å². The third-order valence-electron chi connectivity index (χ3n) is 4.53. The van der Waals surface area contributed by atoms with Gasteiger partial charge in [0, 0.05) is 24.4 Å². The number of carbonyl (C=O) groups is 2. The van der Waals surface area contributed by atoms with E-state index in [1.165, 1.54) is 6.92 Å². The number of pyridine rings is 1. The van der Waals surface area contributed by atoms with Crippen molar-refractivity contribution in [1.29, 1.82) is 0 Å². The molecule has 2 heterocycles. The van der Waals surface area contributed by atoms with Crippen LogP contribution in [0.15, 0.2) is 36.5 Å². The van der Waals surface area contributed by atoms with Crippen LogP contribution in [0.3, 0.4) is 0 Å².